The van der Waals surface area contributed by atoms with E-state index in [1.807, 2.05) is 20.8 Å². The van der Waals surface area contributed by atoms with Gasteiger partial charge in [-0.15, -0.1) is 11.3 Å². The van der Waals surface area contributed by atoms with E-state index in [2.05, 4.69) is 4.98 Å². The number of hydrogen-bond acceptors (Lipinski definition) is 4. The molecule has 1 aromatic rings. The fourth-order valence-electron chi connectivity index (χ4n) is 2.33. The maximum absolute atomic E-state index is 12.3. The number of carbonyl (C=O) groups is 2. The van der Waals surface area contributed by atoms with Gasteiger partial charge >= 0.3 is 5.97 Å². The second-order valence-corrected chi connectivity index (χ2v) is 5.98. The topological polar surface area (TPSA) is 70.5 Å². The number of likely N-dealkylation sites (tertiary alicyclic amines) is 1. The molecule has 1 fully saturated rings. The summed E-state index contributed by atoms with van der Waals surface area (Å²) in [6.07, 6.45) is 0. The van der Waals surface area contributed by atoms with Gasteiger partial charge in [-0.3, -0.25) is 9.59 Å². The molecular weight excluding hydrogens is 252 g/mol. The molecule has 1 aliphatic heterocycles. The van der Waals surface area contributed by atoms with E-state index in [0.717, 1.165) is 10.7 Å². The highest BCUT2D eigenvalue weighted by atomic mass is 32.1. The Morgan fingerprint density at radius 2 is 2.06 bits per heavy atom. The minimum atomic E-state index is -0.824. The van der Waals surface area contributed by atoms with Gasteiger partial charge in [0.1, 0.15) is 4.88 Å². The Balaban J connectivity index is 2.17. The Bertz CT molecular complexity index is 498. The molecule has 1 amide bonds. The van der Waals surface area contributed by atoms with E-state index in [1.165, 1.54) is 11.3 Å². The van der Waals surface area contributed by atoms with Crippen molar-refractivity contribution < 1.29 is 14.7 Å². The van der Waals surface area contributed by atoms with Crippen LogP contribution < -0.4 is 0 Å². The lowest BCUT2D eigenvalue weighted by atomic mass is 9.99. The van der Waals surface area contributed by atoms with E-state index in [-0.39, 0.29) is 11.8 Å². The van der Waals surface area contributed by atoms with Crippen LogP contribution in [0.4, 0.5) is 0 Å². The summed E-state index contributed by atoms with van der Waals surface area (Å²) >= 11 is 1.37. The Morgan fingerprint density at radius 1 is 1.39 bits per heavy atom. The summed E-state index contributed by atoms with van der Waals surface area (Å²) in [5.74, 6) is -1.37. The third-order valence-corrected chi connectivity index (χ3v) is 4.38. The van der Waals surface area contributed by atoms with E-state index in [4.69, 9.17) is 5.11 Å². The van der Waals surface area contributed by atoms with Crippen molar-refractivity contribution in [2.45, 2.75) is 20.8 Å². The van der Waals surface area contributed by atoms with E-state index >= 15 is 0 Å². The first-order valence-corrected chi connectivity index (χ1v) is 6.68. The van der Waals surface area contributed by atoms with Crippen molar-refractivity contribution in [3.8, 4) is 0 Å². The van der Waals surface area contributed by atoms with Crippen LogP contribution in [0.15, 0.2) is 0 Å². The molecule has 0 saturated carbocycles. The number of carbonyl (C=O) groups excluding carboxylic acids is 1. The zero-order valence-electron chi connectivity index (χ0n) is 10.6. The predicted molar refractivity (Wildman–Crippen MR) is 67.8 cm³/mol. The molecule has 1 aliphatic rings. The monoisotopic (exact) mass is 268 g/mol. The second kappa shape index (κ2) is 4.68. The SMILES string of the molecule is Cc1nc(C)c(C(=O)N2CC(C)C(C(=O)O)C2)s1. The average Bonchev–Trinajstić information content (AvgIpc) is 2.81. The number of aromatic nitrogens is 1. The van der Waals surface area contributed by atoms with Gasteiger partial charge in [-0.05, 0) is 19.8 Å². The number of hydrogen-bond donors (Lipinski definition) is 1. The molecule has 0 radical (unpaired) electrons. The van der Waals surface area contributed by atoms with Crippen molar-refractivity contribution in [2.24, 2.45) is 11.8 Å². The number of nitrogens with zero attached hydrogens (tertiary/aromatic N) is 2. The largest absolute Gasteiger partial charge is 0.481 e. The summed E-state index contributed by atoms with van der Waals surface area (Å²) in [5, 5.41) is 9.92. The molecular formula is C12H16N2O3S. The predicted octanol–water partition coefficient (Wildman–Crippen LogP) is 1.55. The quantitative estimate of drug-likeness (QED) is 0.883. The molecule has 2 rings (SSSR count). The first kappa shape index (κ1) is 13.0. The number of rotatable bonds is 2. The van der Waals surface area contributed by atoms with Gasteiger partial charge in [0.25, 0.3) is 5.91 Å². The average molecular weight is 268 g/mol. The molecule has 2 atom stereocenters. The Morgan fingerprint density at radius 3 is 2.50 bits per heavy atom. The molecule has 5 nitrogen and oxygen atoms in total. The maximum atomic E-state index is 12.3. The molecule has 1 aromatic heterocycles. The summed E-state index contributed by atoms with van der Waals surface area (Å²) in [5.41, 5.74) is 0.730. The van der Waals surface area contributed by atoms with Crippen molar-refractivity contribution in [1.29, 1.82) is 0 Å². The van der Waals surface area contributed by atoms with Crippen LogP contribution in [0.25, 0.3) is 0 Å². The van der Waals surface area contributed by atoms with Crippen molar-refractivity contribution >= 4 is 23.2 Å². The summed E-state index contributed by atoms with van der Waals surface area (Å²) in [7, 11) is 0. The van der Waals surface area contributed by atoms with Crippen LogP contribution in [0.3, 0.4) is 0 Å². The Labute approximate surface area is 109 Å². The smallest absolute Gasteiger partial charge is 0.308 e. The Kier molecular flexibility index (Phi) is 3.38. The lowest BCUT2D eigenvalue weighted by molar-refractivity contribution is -0.142. The number of amides is 1. The van der Waals surface area contributed by atoms with Crippen LogP contribution in [-0.2, 0) is 4.79 Å². The number of thiazole rings is 1. The van der Waals surface area contributed by atoms with Crippen LogP contribution in [0.1, 0.15) is 27.3 Å². The van der Waals surface area contributed by atoms with Crippen LogP contribution in [-0.4, -0.2) is 40.0 Å². The Hall–Kier alpha value is -1.43. The maximum Gasteiger partial charge on any atom is 0.308 e. The van der Waals surface area contributed by atoms with Gasteiger partial charge in [-0.25, -0.2) is 4.98 Å². The van der Waals surface area contributed by atoms with Crippen LogP contribution >= 0.6 is 11.3 Å². The first-order valence-electron chi connectivity index (χ1n) is 5.86. The minimum Gasteiger partial charge on any atom is -0.481 e. The molecule has 0 aromatic carbocycles. The molecule has 1 saturated heterocycles. The van der Waals surface area contributed by atoms with Crippen LogP contribution in [0.5, 0.6) is 0 Å². The van der Waals surface area contributed by atoms with Gasteiger partial charge in [-0.1, -0.05) is 6.92 Å². The lowest BCUT2D eigenvalue weighted by Gasteiger charge is -2.14. The highest BCUT2D eigenvalue weighted by Gasteiger charge is 2.37. The molecule has 1 N–H and O–H groups in total. The second-order valence-electron chi connectivity index (χ2n) is 4.78. The molecule has 6 heteroatoms. The van der Waals surface area contributed by atoms with Gasteiger partial charge < -0.3 is 10.0 Å². The van der Waals surface area contributed by atoms with Gasteiger partial charge in [0, 0.05) is 13.1 Å². The van der Waals surface area contributed by atoms with Gasteiger partial charge in [0.15, 0.2) is 0 Å². The lowest BCUT2D eigenvalue weighted by Crippen LogP contribution is -2.29. The van der Waals surface area contributed by atoms with E-state index in [1.54, 1.807) is 4.90 Å². The fraction of sp³-hybridized carbons (Fsp3) is 0.583. The number of carboxylic acids is 1. The number of carboxylic acid groups (broad SMARTS) is 1. The van der Waals surface area contributed by atoms with E-state index < -0.39 is 11.9 Å². The van der Waals surface area contributed by atoms with Crippen LogP contribution in [0, 0.1) is 25.7 Å². The van der Waals surface area contributed by atoms with Gasteiger partial charge in [0.2, 0.25) is 0 Å². The molecule has 2 unspecified atom stereocenters. The zero-order chi connectivity index (χ0) is 13.4. The highest BCUT2D eigenvalue weighted by Crippen LogP contribution is 2.27. The fourth-order valence-corrected chi connectivity index (χ4v) is 3.22. The number of aliphatic carboxylic acids is 1. The summed E-state index contributed by atoms with van der Waals surface area (Å²) in [6, 6.07) is 0. The molecule has 2 heterocycles. The molecule has 0 aliphatic carbocycles. The zero-order valence-corrected chi connectivity index (χ0v) is 11.5. The highest BCUT2D eigenvalue weighted by molar-refractivity contribution is 7.13. The normalized spacial score (nSPS) is 23.4. The summed E-state index contributed by atoms with van der Waals surface area (Å²) in [6.45, 7) is 6.35. The first-order chi connectivity index (χ1) is 8.40. The van der Waals surface area contributed by atoms with E-state index in [9.17, 15) is 9.59 Å². The third kappa shape index (κ3) is 2.25. The van der Waals surface area contributed by atoms with Crippen molar-refractivity contribution in [2.75, 3.05) is 13.1 Å². The van der Waals surface area contributed by atoms with E-state index in [0.29, 0.717) is 18.0 Å². The number of aryl methyl sites for hydroxylation is 2. The van der Waals surface area contributed by atoms with Crippen molar-refractivity contribution in [3.05, 3.63) is 15.6 Å². The minimum absolute atomic E-state index is 0.000717. The van der Waals surface area contributed by atoms with Crippen LogP contribution in [0.2, 0.25) is 0 Å². The van der Waals surface area contributed by atoms with Crippen molar-refractivity contribution in [1.82, 2.24) is 9.88 Å². The molecule has 0 spiro atoms. The summed E-state index contributed by atoms with van der Waals surface area (Å²) < 4.78 is 0. The summed E-state index contributed by atoms with van der Waals surface area (Å²) in [4.78, 5) is 29.8. The third-order valence-electron chi connectivity index (χ3n) is 3.31. The standard InChI is InChI=1S/C12H16N2O3S/c1-6-4-14(5-9(6)12(16)17)11(15)10-7(2)13-8(3)18-10/h6,9H,4-5H2,1-3H3,(H,16,17). The van der Waals surface area contributed by atoms with Gasteiger partial charge in [0.05, 0.1) is 16.6 Å². The molecule has 18 heavy (non-hydrogen) atoms. The molecule has 98 valence electrons. The van der Waals surface area contributed by atoms with Crippen molar-refractivity contribution in [3.63, 3.8) is 0 Å². The van der Waals surface area contributed by atoms with Gasteiger partial charge in [-0.2, -0.15) is 0 Å². The molecule has 0 bridgehead atoms.